The fraction of sp³-hybridized carbons (Fsp3) is 0.250. The summed E-state index contributed by atoms with van der Waals surface area (Å²) >= 11 is 0. The number of amides is 1. The Hall–Kier alpha value is -2.06. The smallest absolute Gasteiger partial charge is 0.294 e. The molecule has 0 spiro atoms. The predicted molar refractivity (Wildman–Crippen MR) is 71.9 cm³/mol. The maximum Gasteiger partial charge on any atom is 0.294 e. The maximum absolute atomic E-state index is 11.8. The number of nitrogens with one attached hydrogen (secondary N) is 1. The van der Waals surface area contributed by atoms with Crippen LogP contribution in [0.4, 0.5) is 5.69 Å². The first kappa shape index (κ1) is 14.4. The van der Waals surface area contributed by atoms with Crippen LogP contribution in [0.2, 0.25) is 0 Å². The van der Waals surface area contributed by atoms with Crippen molar-refractivity contribution in [2.24, 2.45) is 5.14 Å². The van der Waals surface area contributed by atoms with E-state index in [9.17, 15) is 13.2 Å². The summed E-state index contributed by atoms with van der Waals surface area (Å²) in [5.41, 5.74) is 1.06. The molecule has 0 aliphatic carbocycles. The lowest BCUT2D eigenvalue weighted by Gasteiger charge is -2.15. The van der Waals surface area contributed by atoms with Crippen LogP contribution in [0.1, 0.15) is 5.56 Å². The van der Waals surface area contributed by atoms with E-state index in [4.69, 9.17) is 14.6 Å². The zero-order valence-corrected chi connectivity index (χ0v) is 11.4. The SMILES string of the molecule is NS(=O)(=O)Cc1ccc(NC(=O)C2=COCCO2)cc1. The standard InChI is InChI=1S/C12H14N2O5S/c13-20(16,17)8-9-1-3-10(4-2-9)14-12(15)11-7-18-5-6-19-11/h1-4,7H,5-6,8H2,(H,14,15)(H2,13,16,17). The Morgan fingerprint density at radius 3 is 2.50 bits per heavy atom. The van der Waals surface area contributed by atoms with Gasteiger partial charge in [0, 0.05) is 5.69 Å². The van der Waals surface area contributed by atoms with Crippen molar-refractivity contribution in [3.63, 3.8) is 0 Å². The Morgan fingerprint density at radius 1 is 1.25 bits per heavy atom. The molecule has 1 aliphatic rings. The third kappa shape index (κ3) is 4.25. The van der Waals surface area contributed by atoms with Crippen molar-refractivity contribution in [2.45, 2.75) is 5.75 Å². The minimum Gasteiger partial charge on any atom is -0.494 e. The fourth-order valence-electron chi connectivity index (χ4n) is 1.60. The second-order valence-corrected chi connectivity index (χ2v) is 5.77. The zero-order valence-electron chi connectivity index (χ0n) is 10.5. The molecule has 0 saturated carbocycles. The molecule has 0 bridgehead atoms. The topological polar surface area (TPSA) is 108 Å². The van der Waals surface area contributed by atoms with E-state index in [2.05, 4.69) is 5.32 Å². The van der Waals surface area contributed by atoms with Crippen molar-refractivity contribution in [1.29, 1.82) is 0 Å². The van der Waals surface area contributed by atoms with Gasteiger partial charge in [-0.1, -0.05) is 12.1 Å². The first-order chi connectivity index (χ1) is 9.44. The van der Waals surface area contributed by atoms with Gasteiger partial charge in [0.25, 0.3) is 5.91 Å². The fourth-order valence-corrected chi connectivity index (χ4v) is 2.25. The average molecular weight is 298 g/mol. The molecule has 7 nitrogen and oxygen atoms in total. The van der Waals surface area contributed by atoms with E-state index in [1.807, 2.05) is 0 Å². The number of ether oxygens (including phenoxy) is 2. The highest BCUT2D eigenvalue weighted by Gasteiger charge is 2.15. The van der Waals surface area contributed by atoms with Crippen LogP contribution in [0.25, 0.3) is 0 Å². The van der Waals surface area contributed by atoms with Crippen molar-refractivity contribution in [2.75, 3.05) is 18.5 Å². The monoisotopic (exact) mass is 298 g/mol. The molecule has 0 radical (unpaired) electrons. The summed E-state index contributed by atoms with van der Waals surface area (Å²) in [6.45, 7) is 0.742. The maximum atomic E-state index is 11.8. The molecule has 0 atom stereocenters. The van der Waals surface area contributed by atoms with Gasteiger partial charge < -0.3 is 14.8 Å². The van der Waals surface area contributed by atoms with E-state index < -0.39 is 15.9 Å². The van der Waals surface area contributed by atoms with Crippen LogP contribution in [-0.2, 0) is 30.0 Å². The molecule has 8 heteroatoms. The number of nitrogens with two attached hydrogens (primary N) is 1. The molecular weight excluding hydrogens is 284 g/mol. The highest BCUT2D eigenvalue weighted by atomic mass is 32.2. The first-order valence-electron chi connectivity index (χ1n) is 5.79. The molecule has 1 aliphatic heterocycles. The number of hydrogen-bond donors (Lipinski definition) is 2. The van der Waals surface area contributed by atoms with Gasteiger partial charge in [-0.3, -0.25) is 4.79 Å². The second-order valence-electron chi connectivity index (χ2n) is 4.16. The zero-order chi connectivity index (χ0) is 14.6. The number of sulfonamides is 1. The van der Waals surface area contributed by atoms with Crippen molar-refractivity contribution >= 4 is 21.6 Å². The highest BCUT2D eigenvalue weighted by Crippen LogP contribution is 2.13. The van der Waals surface area contributed by atoms with Gasteiger partial charge in [0.1, 0.15) is 19.5 Å². The van der Waals surface area contributed by atoms with Gasteiger partial charge in [-0.2, -0.15) is 0 Å². The van der Waals surface area contributed by atoms with Gasteiger partial charge in [-0.05, 0) is 17.7 Å². The Kier molecular flexibility index (Phi) is 4.26. The van der Waals surface area contributed by atoms with Crippen molar-refractivity contribution in [1.82, 2.24) is 0 Å². The summed E-state index contributed by atoms with van der Waals surface area (Å²) in [7, 11) is -3.56. The molecule has 3 N–H and O–H groups in total. The lowest BCUT2D eigenvalue weighted by Crippen LogP contribution is -2.21. The van der Waals surface area contributed by atoms with Crippen molar-refractivity contribution < 1.29 is 22.7 Å². The molecule has 0 aromatic heterocycles. The number of carbonyl (C=O) groups excluding carboxylic acids is 1. The lowest BCUT2D eigenvalue weighted by atomic mass is 10.2. The van der Waals surface area contributed by atoms with Gasteiger partial charge >= 0.3 is 0 Å². The molecule has 1 heterocycles. The molecule has 1 amide bonds. The summed E-state index contributed by atoms with van der Waals surface area (Å²) < 4.78 is 32.0. The van der Waals surface area contributed by atoms with Gasteiger partial charge in [0.15, 0.2) is 0 Å². The quantitative estimate of drug-likeness (QED) is 0.831. The van der Waals surface area contributed by atoms with Crippen LogP contribution >= 0.6 is 0 Å². The van der Waals surface area contributed by atoms with Crippen LogP contribution in [0.3, 0.4) is 0 Å². The van der Waals surface area contributed by atoms with Crippen LogP contribution in [0.5, 0.6) is 0 Å². The number of primary sulfonamides is 1. The molecule has 0 saturated heterocycles. The van der Waals surface area contributed by atoms with Gasteiger partial charge in [-0.25, -0.2) is 13.6 Å². The Bertz CT molecular complexity index is 622. The molecule has 108 valence electrons. The third-order valence-electron chi connectivity index (χ3n) is 2.45. The lowest BCUT2D eigenvalue weighted by molar-refractivity contribution is -0.117. The predicted octanol–water partition coefficient (Wildman–Crippen LogP) is 0.302. The molecular formula is C12H14N2O5S. The molecule has 2 rings (SSSR count). The van der Waals surface area contributed by atoms with Crippen LogP contribution in [0.15, 0.2) is 36.3 Å². The minimum absolute atomic E-state index is 0.102. The molecule has 20 heavy (non-hydrogen) atoms. The second kappa shape index (κ2) is 5.93. The van der Waals surface area contributed by atoms with Crippen molar-refractivity contribution in [3.8, 4) is 0 Å². The van der Waals surface area contributed by atoms with Gasteiger partial charge in [0.2, 0.25) is 15.8 Å². The number of anilines is 1. The summed E-state index contributed by atoms with van der Waals surface area (Å²) in [5.74, 6) is -0.572. The van der Waals surface area contributed by atoms with Gasteiger partial charge in [0.05, 0.1) is 5.75 Å². The Morgan fingerprint density at radius 2 is 1.95 bits per heavy atom. The number of carbonyl (C=O) groups is 1. The Labute approximate surface area is 116 Å². The number of benzene rings is 1. The van der Waals surface area contributed by atoms with Crippen LogP contribution in [0, 0.1) is 0 Å². The first-order valence-corrected chi connectivity index (χ1v) is 7.51. The molecule has 1 aromatic carbocycles. The number of hydrogen-bond acceptors (Lipinski definition) is 5. The van der Waals surface area contributed by atoms with Crippen LogP contribution in [-0.4, -0.2) is 27.5 Å². The summed E-state index contributed by atoms with van der Waals surface area (Å²) in [4.78, 5) is 11.8. The highest BCUT2D eigenvalue weighted by molar-refractivity contribution is 7.88. The molecule has 0 unspecified atom stereocenters. The average Bonchev–Trinajstić information content (AvgIpc) is 2.40. The number of rotatable bonds is 4. The summed E-state index contributed by atoms with van der Waals surface area (Å²) in [6.07, 6.45) is 1.26. The van der Waals surface area contributed by atoms with E-state index in [-0.39, 0.29) is 11.5 Å². The van der Waals surface area contributed by atoms with Gasteiger partial charge in [-0.15, -0.1) is 0 Å². The van der Waals surface area contributed by atoms with Crippen LogP contribution < -0.4 is 10.5 Å². The largest absolute Gasteiger partial charge is 0.494 e. The van der Waals surface area contributed by atoms with E-state index in [1.165, 1.54) is 6.26 Å². The van der Waals surface area contributed by atoms with E-state index >= 15 is 0 Å². The minimum atomic E-state index is -3.56. The summed E-state index contributed by atoms with van der Waals surface area (Å²) in [6, 6.07) is 6.32. The van der Waals surface area contributed by atoms with E-state index in [0.717, 1.165) is 0 Å². The molecule has 0 fully saturated rings. The normalized spacial score (nSPS) is 14.8. The molecule has 1 aromatic rings. The Balaban J connectivity index is 2.00. The van der Waals surface area contributed by atoms with E-state index in [1.54, 1.807) is 24.3 Å². The van der Waals surface area contributed by atoms with Crippen molar-refractivity contribution in [3.05, 3.63) is 41.9 Å². The summed E-state index contributed by atoms with van der Waals surface area (Å²) in [5, 5.41) is 7.56. The van der Waals surface area contributed by atoms with E-state index in [0.29, 0.717) is 24.5 Å². The third-order valence-corrected chi connectivity index (χ3v) is 3.19.